The molecule has 0 saturated carbocycles. The fourth-order valence-corrected chi connectivity index (χ4v) is 6.61. The minimum Gasteiger partial charge on any atom is -0.481 e. The Morgan fingerprint density at radius 2 is 0.609 bits per heavy atom. The number of carbonyl (C=O) groups excluding carboxylic acids is 1. The number of unbranched alkanes of at least 4 members (excludes halogenated alkanes) is 31. The van der Waals surface area contributed by atoms with E-state index in [2.05, 4.69) is 5.32 Å². The van der Waals surface area contributed by atoms with E-state index in [1.165, 1.54) is 186 Å². The second-order valence-corrected chi connectivity index (χ2v) is 14.1. The molecule has 266 valence electrons. The molecule has 0 aliphatic heterocycles. The first-order valence-corrected chi connectivity index (χ1v) is 20.2. The summed E-state index contributed by atoms with van der Waals surface area (Å²) < 4.78 is 0. The lowest BCUT2D eigenvalue weighted by molar-refractivity contribution is -0.137. The van der Waals surface area contributed by atoms with Crippen LogP contribution in [0, 0.1) is 0 Å². The van der Waals surface area contributed by atoms with E-state index in [9.17, 15) is 9.59 Å². The highest BCUT2D eigenvalue weighted by Gasteiger charge is 2.02. The zero-order valence-corrected chi connectivity index (χ0v) is 30.2. The summed E-state index contributed by atoms with van der Waals surface area (Å²) >= 11 is 0. The highest BCUT2D eigenvalue weighted by Crippen LogP contribution is 2.17. The van der Waals surface area contributed by atoms with Crippen LogP contribution < -0.4 is 5.32 Å². The average Bonchev–Trinajstić information content (AvgIpc) is 3.05. The van der Waals surface area contributed by atoms with Gasteiger partial charge in [-0.1, -0.05) is 211 Å². The fraction of sp³-hybridized carbons (Fsp3) is 0.810. The van der Waals surface area contributed by atoms with Crippen LogP contribution in [0.15, 0.2) is 30.3 Å². The number of amides is 1. The van der Waals surface area contributed by atoms with Crippen LogP contribution in [0.4, 0.5) is 5.69 Å². The third-order valence-corrected chi connectivity index (χ3v) is 9.60. The van der Waals surface area contributed by atoms with E-state index >= 15 is 0 Å². The van der Waals surface area contributed by atoms with Crippen molar-refractivity contribution in [1.82, 2.24) is 0 Å². The Morgan fingerprint density at radius 1 is 0.370 bits per heavy atom. The van der Waals surface area contributed by atoms with Crippen molar-refractivity contribution >= 4 is 17.6 Å². The smallest absolute Gasteiger partial charge is 0.303 e. The van der Waals surface area contributed by atoms with Gasteiger partial charge in [0.25, 0.3) is 0 Å². The standard InChI is InChI=1S/C42H75NO3/c44-41(43-40-36-32-31-33-37-40)38-34-29-27-25-23-21-19-17-15-13-11-9-7-5-3-1-2-4-6-8-10-12-14-16-18-20-22-24-26-28-30-35-39-42(45)46/h31-33,36-37H,1-30,34-35,38-39H2,(H,43,44)(H,45,46). The van der Waals surface area contributed by atoms with Crippen molar-refractivity contribution in [1.29, 1.82) is 0 Å². The minimum absolute atomic E-state index is 0.143. The lowest BCUT2D eigenvalue weighted by atomic mass is 10.0. The van der Waals surface area contributed by atoms with E-state index < -0.39 is 5.97 Å². The Kier molecular flexibility index (Phi) is 31.6. The first-order valence-electron chi connectivity index (χ1n) is 20.2. The van der Waals surface area contributed by atoms with Gasteiger partial charge in [-0.2, -0.15) is 0 Å². The van der Waals surface area contributed by atoms with Crippen LogP contribution in [0.25, 0.3) is 0 Å². The lowest BCUT2D eigenvalue weighted by Crippen LogP contribution is -2.10. The molecule has 0 aliphatic carbocycles. The summed E-state index contributed by atoms with van der Waals surface area (Å²) in [6, 6.07) is 9.76. The summed E-state index contributed by atoms with van der Waals surface area (Å²) in [5.41, 5.74) is 0.900. The Morgan fingerprint density at radius 3 is 0.870 bits per heavy atom. The average molecular weight is 642 g/mol. The number of aliphatic carboxylic acids is 1. The molecule has 1 rings (SSSR count). The third kappa shape index (κ3) is 32.1. The first-order chi connectivity index (χ1) is 22.7. The second kappa shape index (κ2) is 34.5. The van der Waals surface area contributed by atoms with Crippen molar-refractivity contribution in [2.24, 2.45) is 0 Å². The summed E-state index contributed by atoms with van der Waals surface area (Å²) in [4.78, 5) is 22.5. The van der Waals surface area contributed by atoms with E-state index in [1.54, 1.807) is 0 Å². The third-order valence-electron chi connectivity index (χ3n) is 9.60. The van der Waals surface area contributed by atoms with Gasteiger partial charge in [0, 0.05) is 18.5 Å². The molecule has 1 aromatic rings. The normalized spacial score (nSPS) is 11.2. The van der Waals surface area contributed by atoms with E-state index in [0.29, 0.717) is 12.8 Å². The predicted molar refractivity (Wildman–Crippen MR) is 200 cm³/mol. The summed E-state index contributed by atoms with van der Waals surface area (Å²) in [7, 11) is 0. The van der Waals surface area contributed by atoms with Crippen molar-refractivity contribution in [2.45, 2.75) is 218 Å². The van der Waals surface area contributed by atoms with Crippen molar-refractivity contribution in [3.63, 3.8) is 0 Å². The molecule has 4 nitrogen and oxygen atoms in total. The molecule has 0 heterocycles. The topological polar surface area (TPSA) is 66.4 Å². The maximum Gasteiger partial charge on any atom is 0.303 e. The molecule has 0 radical (unpaired) electrons. The Hall–Kier alpha value is -1.84. The van der Waals surface area contributed by atoms with Gasteiger partial charge in [-0.05, 0) is 25.0 Å². The molecule has 4 heteroatoms. The van der Waals surface area contributed by atoms with E-state index in [0.717, 1.165) is 24.9 Å². The highest BCUT2D eigenvalue weighted by atomic mass is 16.4. The van der Waals surface area contributed by atoms with Crippen LogP contribution in [0.1, 0.15) is 218 Å². The van der Waals surface area contributed by atoms with Gasteiger partial charge in [-0.3, -0.25) is 9.59 Å². The number of carbonyl (C=O) groups is 2. The zero-order valence-electron chi connectivity index (χ0n) is 30.2. The lowest BCUT2D eigenvalue weighted by Gasteiger charge is -2.05. The van der Waals surface area contributed by atoms with E-state index in [1.807, 2.05) is 30.3 Å². The number of para-hydroxylation sites is 1. The Bertz CT molecular complexity index is 780. The van der Waals surface area contributed by atoms with Crippen LogP contribution >= 0.6 is 0 Å². The zero-order chi connectivity index (χ0) is 33.0. The number of hydrogen-bond acceptors (Lipinski definition) is 2. The van der Waals surface area contributed by atoms with Gasteiger partial charge < -0.3 is 10.4 Å². The highest BCUT2D eigenvalue weighted by molar-refractivity contribution is 5.90. The quantitative estimate of drug-likeness (QED) is 0.0716. The van der Waals surface area contributed by atoms with Crippen LogP contribution in [-0.4, -0.2) is 17.0 Å². The van der Waals surface area contributed by atoms with Gasteiger partial charge in [0.2, 0.25) is 5.91 Å². The molecule has 1 amide bonds. The molecule has 2 N–H and O–H groups in total. The van der Waals surface area contributed by atoms with Crippen molar-refractivity contribution in [2.75, 3.05) is 5.32 Å². The molecule has 0 aliphatic rings. The molecule has 46 heavy (non-hydrogen) atoms. The van der Waals surface area contributed by atoms with Crippen LogP contribution in [0.2, 0.25) is 0 Å². The van der Waals surface area contributed by atoms with Gasteiger partial charge in [0.05, 0.1) is 0 Å². The molecule has 0 spiro atoms. The minimum atomic E-state index is -0.653. The molecule has 0 atom stereocenters. The predicted octanol–water partition coefficient (Wildman–Crippen LogP) is 14.0. The summed E-state index contributed by atoms with van der Waals surface area (Å²) in [5, 5.41) is 11.6. The largest absolute Gasteiger partial charge is 0.481 e. The first kappa shape index (κ1) is 42.2. The summed E-state index contributed by atoms with van der Waals surface area (Å²) in [6.07, 6.45) is 44.3. The number of hydrogen-bond donors (Lipinski definition) is 2. The fourth-order valence-electron chi connectivity index (χ4n) is 6.61. The van der Waals surface area contributed by atoms with E-state index in [4.69, 9.17) is 5.11 Å². The van der Waals surface area contributed by atoms with Gasteiger partial charge in [-0.15, -0.1) is 0 Å². The molecule has 0 unspecified atom stereocenters. The number of nitrogens with one attached hydrogen (secondary N) is 1. The molecule has 0 bridgehead atoms. The summed E-state index contributed by atoms with van der Waals surface area (Å²) in [5.74, 6) is -0.510. The molecule has 0 fully saturated rings. The maximum absolute atomic E-state index is 12.0. The molecule has 0 saturated heterocycles. The number of anilines is 1. The van der Waals surface area contributed by atoms with Crippen molar-refractivity contribution in [3.8, 4) is 0 Å². The molecule has 1 aromatic carbocycles. The van der Waals surface area contributed by atoms with E-state index in [-0.39, 0.29) is 5.91 Å². The second-order valence-electron chi connectivity index (χ2n) is 14.1. The molecule has 0 aromatic heterocycles. The van der Waals surface area contributed by atoms with Gasteiger partial charge >= 0.3 is 5.97 Å². The monoisotopic (exact) mass is 642 g/mol. The Balaban J connectivity index is 1.64. The SMILES string of the molecule is O=C(O)CCCCCCCCCCCCCCCCCCCCCCCCCCCCCCCCCCC(=O)Nc1ccccc1. The van der Waals surface area contributed by atoms with Crippen molar-refractivity contribution in [3.05, 3.63) is 30.3 Å². The summed E-state index contributed by atoms with van der Waals surface area (Å²) in [6.45, 7) is 0. The number of benzene rings is 1. The van der Waals surface area contributed by atoms with Crippen molar-refractivity contribution < 1.29 is 14.7 Å². The molecular formula is C42H75NO3. The molecular weight excluding hydrogens is 566 g/mol. The number of carboxylic acid groups (broad SMARTS) is 1. The van der Waals surface area contributed by atoms with Crippen LogP contribution in [-0.2, 0) is 9.59 Å². The van der Waals surface area contributed by atoms with Gasteiger partial charge in [-0.25, -0.2) is 0 Å². The van der Waals surface area contributed by atoms with Crippen LogP contribution in [0.3, 0.4) is 0 Å². The maximum atomic E-state index is 12.0. The number of rotatable bonds is 36. The van der Waals surface area contributed by atoms with Crippen LogP contribution in [0.5, 0.6) is 0 Å². The van der Waals surface area contributed by atoms with Gasteiger partial charge in [0.1, 0.15) is 0 Å². The Labute approximate surface area is 285 Å². The number of carboxylic acids is 1. The van der Waals surface area contributed by atoms with Gasteiger partial charge in [0.15, 0.2) is 0 Å².